The summed E-state index contributed by atoms with van der Waals surface area (Å²) in [6.45, 7) is 10.7. The van der Waals surface area contributed by atoms with Gasteiger partial charge in [-0.25, -0.2) is 9.18 Å². The fourth-order valence-corrected chi connectivity index (χ4v) is 6.15. The fraction of sp³-hybridized carbons (Fsp3) is 0.516. The van der Waals surface area contributed by atoms with Crippen molar-refractivity contribution in [1.82, 2.24) is 30.1 Å². The first kappa shape index (κ1) is 34.1. The standard InChI is InChI=1S/C31H36F4N6O5S/c1-29(2,3)41-15-17(13-37-41)27(42)36-14-23-38-26(39-46-23)25-19(12-31(33,34)35)18-8-7-9-22(24(18)47-25)44-21-10-11-40(16-20(21)32)28(43)45-30(4,5)6/h7-9,13,15,20-21H,10-12,14,16H2,1-6H3,(H,36,42)/t20-,21+/m0/s1. The average Bonchev–Trinajstić information content (AvgIpc) is 3.71. The predicted molar refractivity (Wildman–Crippen MR) is 165 cm³/mol. The number of rotatable bonds is 7. The molecule has 11 nitrogen and oxygen atoms in total. The van der Waals surface area contributed by atoms with Gasteiger partial charge < -0.3 is 24.2 Å². The maximum atomic E-state index is 15.3. The number of piperidine rings is 1. The van der Waals surface area contributed by atoms with Crippen molar-refractivity contribution in [2.45, 2.75) is 90.5 Å². The summed E-state index contributed by atoms with van der Waals surface area (Å²) in [6, 6.07) is 4.63. The molecule has 0 bridgehead atoms. The van der Waals surface area contributed by atoms with Crippen LogP contribution < -0.4 is 10.1 Å². The lowest BCUT2D eigenvalue weighted by Crippen LogP contribution is -2.50. The number of hydrogen-bond donors (Lipinski definition) is 1. The summed E-state index contributed by atoms with van der Waals surface area (Å²) in [5.74, 6) is -0.340. The second kappa shape index (κ2) is 12.8. The number of halogens is 4. The first-order valence-electron chi connectivity index (χ1n) is 14.9. The van der Waals surface area contributed by atoms with Gasteiger partial charge >= 0.3 is 12.3 Å². The van der Waals surface area contributed by atoms with Gasteiger partial charge in [-0.2, -0.15) is 23.3 Å². The molecule has 254 valence electrons. The number of amides is 2. The van der Waals surface area contributed by atoms with Crippen molar-refractivity contribution >= 4 is 33.4 Å². The van der Waals surface area contributed by atoms with E-state index in [0.717, 1.165) is 11.3 Å². The van der Waals surface area contributed by atoms with E-state index in [4.69, 9.17) is 14.0 Å². The third-order valence-electron chi connectivity index (χ3n) is 7.17. The zero-order chi connectivity index (χ0) is 34.3. The van der Waals surface area contributed by atoms with Gasteiger partial charge in [-0.3, -0.25) is 9.48 Å². The molecule has 2 atom stereocenters. The summed E-state index contributed by atoms with van der Waals surface area (Å²) >= 11 is 0.970. The Labute approximate surface area is 272 Å². The zero-order valence-corrected chi connectivity index (χ0v) is 27.6. The van der Waals surface area contributed by atoms with Crippen molar-refractivity contribution in [1.29, 1.82) is 0 Å². The summed E-state index contributed by atoms with van der Waals surface area (Å²) in [5, 5.41) is 11.0. The number of alkyl halides is 4. The second-order valence-electron chi connectivity index (χ2n) is 13.3. The largest absolute Gasteiger partial charge is 0.486 e. The van der Waals surface area contributed by atoms with E-state index >= 15 is 4.39 Å². The van der Waals surface area contributed by atoms with Crippen LogP contribution in [0, 0.1) is 0 Å². The van der Waals surface area contributed by atoms with Gasteiger partial charge in [0.15, 0.2) is 6.17 Å². The minimum Gasteiger partial charge on any atom is -0.486 e. The molecular formula is C31H36F4N6O5S. The molecule has 1 aliphatic rings. The first-order valence-corrected chi connectivity index (χ1v) is 15.8. The quantitative estimate of drug-likeness (QED) is 0.215. The molecule has 5 rings (SSSR count). The number of hydrogen-bond acceptors (Lipinski definition) is 9. The lowest BCUT2D eigenvalue weighted by molar-refractivity contribution is -0.126. The maximum Gasteiger partial charge on any atom is 0.410 e. The van der Waals surface area contributed by atoms with Gasteiger partial charge in [0.25, 0.3) is 5.91 Å². The predicted octanol–water partition coefficient (Wildman–Crippen LogP) is 6.66. The van der Waals surface area contributed by atoms with E-state index in [1.807, 2.05) is 20.8 Å². The number of fused-ring (bicyclic) bond motifs is 1. The van der Waals surface area contributed by atoms with Crippen molar-refractivity contribution < 1.29 is 41.1 Å². The number of nitrogens with zero attached hydrogens (tertiary/aromatic N) is 5. The van der Waals surface area contributed by atoms with Crippen LogP contribution in [-0.2, 0) is 23.2 Å². The lowest BCUT2D eigenvalue weighted by atomic mass is 10.1. The summed E-state index contributed by atoms with van der Waals surface area (Å²) in [6.07, 6.45) is -5.78. The SMILES string of the molecule is CC(C)(C)OC(=O)N1CC[C@@H](Oc2cccc3c(CC(F)(F)F)c(-c4noc(CNC(=O)c5cnn(C(C)(C)C)c5)n4)sc23)[C@@H](F)C1. The van der Waals surface area contributed by atoms with Gasteiger partial charge in [0.05, 0.1) is 46.4 Å². The Morgan fingerprint density at radius 3 is 2.53 bits per heavy atom. The molecule has 3 aromatic heterocycles. The van der Waals surface area contributed by atoms with Crippen molar-refractivity contribution in [2.75, 3.05) is 13.1 Å². The molecule has 4 aromatic rings. The molecular weight excluding hydrogens is 644 g/mol. The minimum atomic E-state index is -4.56. The summed E-state index contributed by atoms with van der Waals surface area (Å²) in [7, 11) is 0. The van der Waals surface area contributed by atoms with Gasteiger partial charge in [0.2, 0.25) is 11.7 Å². The molecule has 1 aromatic carbocycles. The molecule has 47 heavy (non-hydrogen) atoms. The number of aromatic nitrogens is 4. The number of likely N-dealkylation sites (tertiary alicyclic amines) is 1. The highest BCUT2D eigenvalue weighted by molar-refractivity contribution is 7.22. The monoisotopic (exact) mass is 680 g/mol. The van der Waals surface area contributed by atoms with Crippen LogP contribution in [-0.4, -0.2) is 74.0 Å². The Bertz CT molecular complexity index is 1750. The maximum absolute atomic E-state index is 15.3. The van der Waals surface area contributed by atoms with Crippen LogP contribution in [0.5, 0.6) is 5.75 Å². The summed E-state index contributed by atoms with van der Waals surface area (Å²) in [5.41, 5.74) is -0.821. The van der Waals surface area contributed by atoms with Gasteiger partial charge in [0, 0.05) is 24.5 Å². The highest BCUT2D eigenvalue weighted by Crippen LogP contribution is 2.44. The van der Waals surface area contributed by atoms with Crippen LogP contribution in [0.1, 0.15) is 69.8 Å². The smallest absolute Gasteiger partial charge is 0.410 e. The topological polar surface area (TPSA) is 125 Å². The number of carbonyl (C=O) groups is 2. The highest BCUT2D eigenvalue weighted by Gasteiger charge is 2.36. The summed E-state index contributed by atoms with van der Waals surface area (Å²) in [4.78, 5) is 30.7. The molecule has 0 saturated carbocycles. The van der Waals surface area contributed by atoms with Crippen LogP contribution in [0.3, 0.4) is 0 Å². The second-order valence-corrected chi connectivity index (χ2v) is 14.3. The van der Waals surface area contributed by atoms with E-state index in [0.29, 0.717) is 10.3 Å². The number of benzene rings is 1. The van der Waals surface area contributed by atoms with E-state index in [2.05, 4.69) is 20.6 Å². The molecule has 1 aliphatic heterocycles. The third kappa shape index (κ3) is 8.21. The van der Waals surface area contributed by atoms with Crippen LogP contribution in [0.2, 0.25) is 0 Å². The molecule has 1 N–H and O–H groups in total. The van der Waals surface area contributed by atoms with E-state index in [1.54, 1.807) is 37.7 Å². The molecule has 4 heterocycles. The number of thiophene rings is 1. The Morgan fingerprint density at radius 1 is 1.15 bits per heavy atom. The average molecular weight is 681 g/mol. The zero-order valence-electron chi connectivity index (χ0n) is 26.8. The molecule has 0 radical (unpaired) electrons. The van der Waals surface area contributed by atoms with Crippen molar-refractivity contribution in [3.8, 4) is 16.5 Å². The number of carbonyl (C=O) groups excluding carboxylic acids is 2. The Morgan fingerprint density at radius 2 is 1.89 bits per heavy atom. The van der Waals surface area contributed by atoms with E-state index in [-0.39, 0.29) is 64.9 Å². The lowest BCUT2D eigenvalue weighted by Gasteiger charge is -2.35. The molecule has 1 saturated heterocycles. The van der Waals surface area contributed by atoms with Crippen LogP contribution in [0.15, 0.2) is 35.1 Å². The van der Waals surface area contributed by atoms with Crippen LogP contribution >= 0.6 is 11.3 Å². The van der Waals surface area contributed by atoms with E-state index < -0.39 is 42.5 Å². The Kier molecular flexibility index (Phi) is 9.27. The molecule has 0 unspecified atom stereocenters. The third-order valence-corrected chi connectivity index (χ3v) is 8.43. The van der Waals surface area contributed by atoms with Crippen molar-refractivity contribution in [3.05, 3.63) is 47.6 Å². The minimum absolute atomic E-state index is 0.0135. The van der Waals surface area contributed by atoms with E-state index in [1.165, 1.54) is 23.2 Å². The molecule has 16 heteroatoms. The molecule has 0 aliphatic carbocycles. The van der Waals surface area contributed by atoms with Gasteiger partial charge in [-0.1, -0.05) is 17.3 Å². The normalized spacial score (nSPS) is 17.6. The molecule has 1 fully saturated rings. The van der Waals surface area contributed by atoms with E-state index in [9.17, 15) is 22.8 Å². The van der Waals surface area contributed by atoms with Crippen LogP contribution in [0.4, 0.5) is 22.4 Å². The molecule has 2 amide bonds. The van der Waals surface area contributed by atoms with Gasteiger partial charge in [-0.05, 0) is 53.2 Å². The number of ether oxygens (including phenoxy) is 2. The summed E-state index contributed by atoms with van der Waals surface area (Å²) < 4.78 is 75.3. The molecule has 0 spiro atoms. The number of nitrogens with one attached hydrogen (secondary N) is 1. The highest BCUT2D eigenvalue weighted by atomic mass is 32.1. The first-order chi connectivity index (χ1) is 21.9. The van der Waals surface area contributed by atoms with Gasteiger partial charge in [-0.15, -0.1) is 11.3 Å². The van der Waals surface area contributed by atoms with Crippen molar-refractivity contribution in [3.63, 3.8) is 0 Å². The van der Waals surface area contributed by atoms with Crippen LogP contribution in [0.25, 0.3) is 20.8 Å². The fourth-order valence-electron chi connectivity index (χ4n) is 4.95. The van der Waals surface area contributed by atoms with Gasteiger partial charge in [0.1, 0.15) is 17.5 Å². The Hall–Kier alpha value is -4.21. The Balaban J connectivity index is 1.35. The van der Waals surface area contributed by atoms with Crippen molar-refractivity contribution in [2.24, 2.45) is 0 Å².